The summed E-state index contributed by atoms with van der Waals surface area (Å²) < 4.78 is 0. The first kappa shape index (κ1) is 13.6. The van der Waals surface area contributed by atoms with Crippen molar-refractivity contribution in [3.8, 4) is 0 Å². The summed E-state index contributed by atoms with van der Waals surface area (Å²) in [6.45, 7) is 11.2. The molecule has 1 saturated carbocycles. The van der Waals surface area contributed by atoms with E-state index in [0.717, 1.165) is 18.4 Å². The highest BCUT2D eigenvalue weighted by atomic mass is 14.9. The van der Waals surface area contributed by atoms with Gasteiger partial charge in [0.2, 0.25) is 0 Å². The van der Waals surface area contributed by atoms with Crippen LogP contribution < -0.4 is 5.32 Å². The Morgan fingerprint density at radius 1 is 1.06 bits per heavy atom. The molecule has 1 aliphatic rings. The summed E-state index contributed by atoms with van der Waals surface area (Å²) in [6, 6.07) is 4.65. The van der Waals surface area contributed by atoms with Gasteiger partial charge in [0.1, 0.15) is 0 Å². The summed E-state index contributed by atoms with van der Waals surface area (Å²) in [5, 5.41) is 3.65. The summed E-state index contributed by atoms with van der Waals surface area (Å²) in [7, 11) is 0. The van der Waals surface area contributed by atoms with E-state index in [-0.39, 0.29) is 0 Å². The highest BCUT2D eigenvalue weighted by Crippen LogP contribution is 2.29. The van der Waals surface area contributed by atoms with Crippen LogP contribution in [0.25, 0.3) is 0 Å². The fourth-order valence-corrected chi connectivity index (χ4v) is 3.13. The van der Waals surface area contributed by atoms with Crippen LogP contribution in [0.4, 0.5) is 0 Å². The molecule has 1 N–H and O–H groups in total. The fourth-order valence-electron chi connectivity index (χ4n) is 3.13. The lowest BCUT2D eigenvalue weighted by molar-refractivity contribution is 0.470. The van der Waals surface area contributed by atoms with Crippen LogP contribution >= 0.6 is 0 Å². The predicted molar refractivity (Wildman–Crippen MR) is 78.9 cm³/mol. The average molecular weight is 245 g/mol. The minimum absolute atomic E-state index is 0.909. The molecule has 0 aromatic heterocycles. The van der Waals surface area contributed by atoms with E-state index in [9.17, 15) is 0 Å². The third-order valence-corrected chi connectivity index (χ3v) is 4.50. The van der Waals surface area contributed by atoms with Gasteiger partial charge in [-0.1, -0.05) is 25.5 Å². The lowest BCUT2D eigenvalue weighted by atomic mass is 10.0. The molecule has 1 fully saturated rings. The monoisotopic (exact) mass is 245 g/mol. The SMILES string of the molecule is Cc1cc(C)c(CNCC2CCC(C)C2)cc1C. The van der Waals surface area contributed by atoms with E-state index < -0.39 is 0 Å². The molecule has 2 rings (SSSR count). The molecule has 2 atom stereocenters. The van der Waals surface area contributed by atoms with E-state index in [1.54, 1.807) is 0 Å². The van der Waals surface area contributed by atoms with Crippen molar-refractivity contribution in [3.63, 3.8) is 0 Å². The Bertz CT molecular complexity index is 408. The molecule has 2 unspecified atom stereocenters. The fraction of sp³-hybridized carbons (Fsp3) is 0.647. The molecule has 1 aliphatic carbocycles. The molecule has 100 valence electrons. The molecule has 0 radical (unpaired) electrons. The molecule has 1 aromatic rings. The lowest BCUT2D eigenvalue weighted by Crippen LogP contribution is -2.21. The number of hydrogen-bond acceptors (Lipinski definition) is 1. The Morgan fingerprint density at radius 2 is 1.78 bits per heavy atom. The van der Waals surface area contributed by atoms with Gasteiger partial charge >= 0.3 is 0 Å². The zero-order valence-corrected chi connectivity index (χ0v) is 12.3. The number of hydrogen-bond donors (Lipinski definition) is 1. The molecule has 0 aliphatic heterocycles. The van der Waals surface area contributed by atoms with Crippen LogP contribution in [0.2, 0.25) is 0 Å². The number of rotatable bonds is 4. The second-order valence-electron chi connectivity index (χ2n) is 6.28. The molecular weight excluding hydrogens is 218 g/mol. The molecule has 1 aromatic carbocycles. The predicted octanol–water partition coefficient (Wildman–Crippen LogP) is 4.14. The van der Waals surface area contributed by atoms with Crippen LogP contribution in [0.1, 0.15) is 48.4 Å². The third-order valence-electron chi connectivity index (χ3n) is 4.50. The van der Waals surface area contributed by atoms with Gasteiger partial charge in [-0.3, -0.25) is 0 Å². The van der Waals surface area contributed by atoms with Crippen molar-refractivity contribution in [2.45, 2.75) is 53.5 Å². The van der Waals surface area contributed by atoms with E-state index in [2.05, 4.69) is 45.1 Å². The van der Waals surface area contributed by atoms with Gasteiger partial charge in [-0.05, 0) is 74.2 Å². The van der Waals surface area contributed by atoms with Crippen molar-refractivity contribution in [1.29, 1.82) is 0 Å². The topological polar surface area (TPSA) is 12.0 Å². The maximum Gasteiger partial charge on any atom is 0.0208 e. The summed E-state index contributed by atoms with van der Waals surface area (Å²) in [5.74, 6) is 1.85. The summed E-state index contributed by atoms with van der Waals surface area (Å²) in [6.07, 6.45) is 4.26. The molecule has 0 bridgehead atoms. The van der Waals surface area contributed by atoms with Crippen LogP contribution in [0.15, 0.2) is 12.1 Å². The molecular formula is C17H27N. The standard InChI is InChI=1S/C17H27N/c1-12-5-6-16(7-12)10-18-11-17-9-14(3)13(2)8-15(17)4/h8-9,12,16,18H,5-7,10-11H2,1-4H3. The van der Waals surface area contributed by atoms with Crippen LogP contribution in [0, 0.1) is 32.6 Å². The van der Waals surface area contributed by atoms with Gasteiger partial charge in [0.15, 0.2) is 0 Å². The Labute approximate surface area is 112 Å². The van der Waals surface area contributed by atoms with Crippen LogP contribution in [-0.2, 0) is 6.54 Å². The maximum absolute atomic E-state index is 3.65. The van der Waals surface area contributed by atoms with Crippen LogP contribution in [0.5, 0.6) is 0 Å². The highest BCUT2D eigenvalue weighted by Gasteiger charge is 2.20. The van der Waals surface area contributed by atoms with E-state index in [1.807, 2.05) is 0 Å². The lowest BCUT2D eigenvalue weighted by Gasteiger charge is -2.14. The first-order valence-electron chi connectivity index (χ1n) is 7.33. The largest absolute Gasteiger partial charge is 0.312 e. The van der Waals surface area contributed by atoms with Gasteiger partial charge in [-0.25, -0.2) is 0 Å². The summed E-state index contributed by atoms with van der Waals surface area (Å²) in [5.41, 5.74) is 5.70. The second-order valence-corrected chi connectivity index (χ2v) is 6.28. The maximum atomic E-state index is 3.65. The van der Waals surface area contributed by atoms with Gasteiger partial charge in [-0.15, -0.1) is 0 Å². The Kier molecular flexibility index (Phi) is 4.45. The minimum atomic E-state index is 0.909. The first-order chi connectivity index (χ1) is 8.56. The van der Waals surface area contributed by atoms with Gasteiger partial charge in [0.25, 0.3) is 0 Å². The molecule has 18 heavy (non-hydrogen) atoms. The molecule has 1 heteroatoms. The van der Waals surface area contributed by atoms with Crippen LogP contribution in [-0.4, -0.2) is 6.54 Å². The quantitative estimate of drug-likeness (QED) is 0.840. The Morgan fingerprint density at radius 3 is 2.44 bits per heavy atom. The van der Waals surface area contributed by atoms with Gasteiger partial charge < -0.3 is 5.32 Å². The van der Waals surface area contributed by atoms with Crippen molar-refractivity contribution in [2.24, 2.45) is 11.8 Å². The average Bonchev–Trinajstić information content (AvgIpc) is 2.71. The number of nitrogens with one attached hydrogen (secondary N) is 1. The minimum Gasteiger partial charge on any atom is -0.312 e. The smallest absolute Gasteiger partial charge is 0.0208 e. The first-order valence-corrected chi connectivity index (χ1v) is 7.33. The summed E-state index contributed by atoms with van der Waals surface area (Å²) in [4.78, 5) is 0. The highest BCUT2D eigenvalue weighted by molar-refractivity contribution is 5.36. The molecule has 0 amide bonds. The van der Waals surface area contributed by atoms with Gasteiger partial charge in [0, 0.05) is 6.54 Å². The third kappa shape index (κ3) is 3.35. The van der Waals surface area contributed by atoms with E-state index >= 15 is 0 Å². The van der Waals surface area contributed by atoms with Crippen molar-refractivity contribution >= 4 is 0 Å². The van der Waals surface area contributed by atoms with Crippen molar-refractivity contribution in [1.82, 2.24) is 5.32 Å². The van der Waals surface area contributed by atoms with Crippen LogP contribution in [0.3, 0.4) is 0 Å². The number of benzene rings is 1. The van der Waals surface area contributed by atoms with Crippen molar-refractivity contribution in [3.05, 3.63) is 34.4 Å². The summed E-state index contributed by atoms with van der Waals surface area (Å²) >= 11 is 0. The van der Waals surface area contributed by atoms with E-state index in [4.69, 9.17) is 0 Å². The zero-order chi connectivity index (χ0) is 13.1. The van der Waals surface area contributed by atoms with Gasteiger partial charge in [-0.2, -0.15) is 0 Å². The van der Waals surface area contributed by atoms with Gasteiger partial charge in [0.05, 0.1) is 0 Å². The Balaban J connectivity index is 1.85. The molecule has 1 nitrogen and oxygen atoms in total. The normalized spacial score (nSPS) is 23.6. The second kappa shape index (κ2) is 5.88. The number of aryl methyl sites for hydroxylation is 3. The Hall–Kier alpha value is -0.820. The van der Waals surface area contributed by atoms with Crippen molar-refractivity contribution < 1.29 is 0 Å². The molecule has 0 spiro atoms. The van der Waals surface area contributed by atoms with E-state index in [1.165, 1.54) is 48.1 Å². The molecule has 0 saturated heterocycles. The molecule has 0 heterocycles. The van der Waals surface area contributed by atoms with E-state index in [0.29, 0.717) is 0 Å². The van der Waals surface area contributed by atoms with Crippen molar-refractivity contribution in [2.75, 3.05) is 6.54 Å². The zero-order valence-electron chi connectivity index (χ0n) is 12.3.